The molecule has 2 amide bonds. The van der Waals surface area contributed by atoms with E-state index in [-0.39, 0.29) is 17.6 Å². The lowest BCUT2D eigenvalue weighted by molar-refractivity contribution is -0.126. The fourth-order valence-corrected chi connectivity index (χ4v) is 9.07. The number of aromatic nitrogens is 1. The Kier molecular flexibility index (Phi) is 9.48. The average Bonchev–Trinajstić information content (AvgIpc) is 3.81. The number of nitrogens with one attached hydrogen (secondary N) is 3. The number of amides is 2. The Hall–Kier alpha value is -5.69. The Morgan fingerprint density at radius 2 is 1.68 bits per heavy atom. The summed E-state index contributed by atoms with van der Waals surface area (Å²) in [5.74, 6) is 1.11. The lowest BCUT2D eigenvalue weighted by atomic mass is 9.68. The zero-order valence-electron chi connectivity index (χ0n) is 31.2. The third-order valence-electron chi connectivity index (χ3n) is 12.2. The number of ketones is 1. The minimum absolute atomic E-state index is 0.0832. The number of carbonyl (C=O) groups excluding carboxylic acids is 3. The molecule has 11 nitrogen and oxygen atoms in total. The smallest absolute Gasteiger partial charge is 0.519 e. The summed E-state index contributed by atoms with van der Waals surface area (Å²) in [6, 6.07) is 27.4. The minimum atomic E-state index is -0.747. The SMILES string of the molecule is NCc1cccc(C2CCN(C(=O)C=Cc3cccc4c3C(=O)NB(c3ccc5[nH]c(C(=O)C6Oc7ccc(CN)cc7C67CCNCC7)cc5c3)O4)CC2)c1. The predicted octanol–water partition coefficient (Wildman–Crippen LogP) is 4.29. The first-order valence-corrected chi connectivity index (χ1v) is 19.6. The Balaban J connectivity index is 0.890. The molecule has 0 bridgehead atoms. The van der Waals surface area contributed by atoms with E-state index < -0.39 is 18.6 Å². The van der Waals surface area contributed by atoms with Crippen LogP contribution in [0.4, 0.5) is 0 Å². The predicted molar refractivity (Wildman–Crippen MR) is 217 cm³/mol. The van der Waals surface area contributed by atoms with Gasteiger partial charge in [0.25, 0.3) is 0 Å². The van der Waals surface area contributed by atoms with Crippen molar-refractivity contribution in [3.8, 4) is 11.5 Å². The van der Waals surface area contributed by atoms with Crippen LogP contribution in [0.5, 0.6) is 11.5 Å². The van der Waals surface area contributed by atoms with Crippen molar-refractivity contribution < 1.29 is 23.8 Å². The van der Waals surface area contributed by atoms with Crippen LogP contribution in [-0.4, -0.2) is 66.8 Å². The Labute approximate surface area is 325 Å². The van der Waals surface area contributed by atoms with E-state index in [4.69, 9.17) is 20.9 Å². The molecule has 1 unspecified atom stereocenters. The van der Waals surface area contributed by atoms with Crippen LogP contribution in [0.15, 0.2) is 91.0 Å². The van der Waals surface area contributed by atoms with Gasteiger partial charge < -0.3 is 41.3 Å². The van der Waals surface area contributed by atoms with Gasteiger partial charge in [0.15, 0.2) is 6.10 Å². The van der Waals surface area contributed by atoms with Crippen LogP contribution in [0, 0.1) is 0 Å². The van der Waals surface area contributed by atoms with Crippen LogP contribution in [0.1, 0.15) is 80.3 Å². The zero-order valence-corrected chi connectivity index (χ0v) is 31.2. The van der Waals surface area contributed by atoms with Gasteiger partial charge in [0.05, 0.1) is 11.3 Å². The third kappa shape index (κ3) is 6.47. The molecule has 0 radical (unpaired) electrons. The van der Waals surface area contributed by atoms with Gasteiger partial charge in [-0.15, -0.1) is 0 Å². The van der Waals surface area contributed by atoms with Crippen molar-refractivity contribution in [1.82, 2.24) is 20.4 Å². The van der Waals surface area contributed by atoms with E-state index >= 15 is 0 Å². The van der Waals surface area contributed by atoms with Gasteiger partial charge in [-0.05, 0) is 108 Å². The molecular weight excluding hydrogens is 703 g/mol. The number of benzene rings is 4. The number of Topliss-reactive ketones (excluding diaryl/α,β-unsaturated/α-hetero) is 1. The number of ether oxygens (including phenoxy) is 1. The first-order valence-electron chi connectivity index (χ1n) is 19.6. The van der Waals surface area contributed by atoms with Gasteiger partial charge in [0.2, 0.25) is 17.6 Å². The topological polar surface area (TPSA) is 165 Å². The maximum atomic E-state index is 14.3. The lowest BCUT2D eigenvalue weighted by Crippen LogP contribution is -2.55. The average molecular weight is 749 g/mol. The van der Waals surface area contributed by atoms with Crippen molar-refractivity contribution >= 4 is 47.1 Å². The molecule has 0 saturated carbocycles. The molecule has 284 valence electrons. The van der Waals surface area contributed by atoms with Gasteiger partial charge in [-0.2, -0.15) is 0 Å². The van der Waals surface area contributed by atoms with Crippen LogP contribution in [0.25, 0.3) is 17.0 Å². The number of carbonyl (C=O) groups is 3. The van der Waals surface area contributed by atoms with Gasteiger partial charge in [-0.1, -0.05) is 60.7 Å². The van der Waals surface area contributed by atoms with Crippen molar-refractivity contribution in [1.29, 1.82) is 0 Å². The first-order chi connectivity index (χ1) is 27.3. The maximum absolute atomic E-state index is 14.3. The van der Waals surface area contributed by atoms with E-state index in [1.807, 2.05) is 59.5 Å². The normalized spacial score (nSPS) is 19.1. The summed E-state index contributed by atoms with van der Waals surface area (Å²) in [4.78, 5) is 46.3. The highest BCUT2D eigenvalue weighted by molar-refractivity contribution is 6.69. The summed E-state index contributed by atoms with van der Waals surface area (Å²) in [5, 5.41) is 7.25. The van der Waals surface area contributed by atoms with Crippen LogP contribution in [-0.2, 0) is 23.3 Å². The van der Waals surface area contributed by atoms with E-state index in [9.17, 15) is 14.4 Å². The molecule has 1 atom stereocenters. The monoisotopic (exact) mass is 748 g/mol. The van der Waals surface area contributed by atoms with Crippen LogP contribution in [0.3, 0.4) is 0 Å². The molecule has 2 saturated heterocycles. The summed E-state index contributed by atoms with van der Waals surface area (Å²) in [6.07, 6.45) is 5.93. The summed E-state index contributed by atoms with van der Waals surface area (Å²) >= 11 is 0. The van der Waals surface area contributed by atoms with Crippen molar-refractivity contribution in [2.45, 2.75) is 56.2 Å². The number of rotatable bonds is 8. The molecular formula is C44H45BN6O5. The first kappa shape index (κ1) is 36.0. The van der Waals surface area contributed by atoms with Gasteiger partial charge in [-0.25, -0.2) is 0 Å². The molecule has 7 N–H and O–H groups in total. The second-order valence-electron chi connectivity index (χ2n) is 15.4. The summed E-state index contributed by atoms with van der Waals surface area (Å²) in [6.45, 7) is 3.86. The largest absolute Gasteiger partial charge is 0.537 e. The Bertz CT molecular complexity index is 2380. The number of aromatic amines is 1. The van der Waals surface area contributed by atoms with Gasteiger partial charge >= 0.3 is 7.05 Å². The maximum Gasteiger partial charge on any atom is 0.519 e. The summed E-state index contributed by atoms with van der Waals surface area (Å²) < 4.78 is 12.8. The van der Waals surface area contributed by atoms with Crippen molar-refractivity contribution in [2.75, 3.05) is 26.2 Å². The van der Waals surface area contributed by atoms with E-state index in [0.717, 1.165) is 77.6 Å². The second-order valence-corrected chi connectivity index (χ2v) is 15.4. The number of H-pyrrole nitrogens is 1. The quantitative estimate of drug-likeness (QED) is 0.0892. The number of nitrogens with two attached hydrogens (primary N) is 2. The molecule has 4 aliphatic rings. The Morgan fingerprint density at radius 1 is 0.893 bits per heavy atom. The fraction of sp³-hybridized carbons (Fsp3) is 0.295. The number of piperidine rings is 2. The molecule has 4 aliphatic heterocycles. The van der Waals surface area contributed by atoms with E-state index in [0.29, 0.717) is 54.7 Å². The number of fused-ring (bicyclic) bond motifs is 4. The molecule has 56 heavy (non-hydrogen) atoms. The van der Waals surface area contributed by atoms with Crippen molar-refractivity contribution in [2.24, 2.45) is 11.5 Å². The zero-order chi connectivity index (χ0) is 38.4. The Morgan fingerprint density at radius 3 is 2.48 bits per heavy atom. The molecule has 2 fully saturated rings. The number of likely N-dealkylation sites (tertiary alicyclic amines) is 1. The van der Waals surface area contributed by atoms with E-state index in [1.165, 1.54) is 5.56 Å². The molecule has 1 spiro atoms. The molecule has 1 aromatic heterocycles. The standard InChI is InChI=1S/C44H45BN6O5/c46-25-27-3-1-5-31(21-27)29-13-19-51(20-14-29)39(52)12-8-30-4-2-6-38-40(30)43(54)50-45(56-38)33-9-10-35-32(23-33)24-36(49-35)41(53)42-44(15-17-48-18-16-44)34-22-28(26-47)7-11-37(34)55-42/h1-12,21-24,29,42,48-49H,13-20,25-26,46-47H2,(H,50,54). The summed E-state index contributed by atoms with van der Waals surface area (Å²) in [7, 11) is -0.747. The number of hydrogen-bond donors (Lipinski definition) is 5. The lowest BCUT2D eigenvalue weighted by Gasteiger charge is -2.37. The third-order valence-corrected chi connectivity index (χ3v) is 12.2. The molecule has 5 aromatic rings. The minimum Gasteiger partial charge on any atom is -0.537 e. The summed E-state index contributed by atoms with van der Waals surface area (Å²) in [5.41, 5.74) is 18.9. The van der Waals surface area contributed by atoms with E-state index in [2.05, 4.69) is 39.8 Å². The van der Waals surface area contributed by atoms with Gasteiger partial charge in [-0.3, -0.25) is 14.4 Å². The van der Waals surface area contributed by atoms with Gasteiger partial charge in [0, 0.05) is 48.8 Å². The number of nitrogens with zero attached hydrogens (tertiary/aromatic N) is 1. The highest BCUT2D eigenvalue weighted by Gasteiger charge is 2.53. The highest BCUT2D eigenvalue weighted by Crippen LogP contribution is 2.49. The van der Waals surface area contributed by atoms with E-state index in [1.54, 1.807) is 18.2 Å². The van der Waals surface area contributed by atoms with Crippen molar-refractivity contribution in [3.05, 3.63) is 130 Å². The highest BCUT2D eigenvalue weighted by atomic mass is 16.5. The van der Waals surface area contributed by atoms with Crippen LogP contribution >= 0.6 is 0 Å². The molecule has 5 heterocycles. The van der Waals surface area contributed by atoms with Gasteiger partial charge in [0.1, 0.15) is 11.5 Å². The molecule has 4 aromatic carbocycles. The second kappa shape index (κ2) is 14.8. The van der Waals surface area contributed by atoms with Crippen LogP contribution < -0.4 is 36.9 Å². The molecule has 9 rings (SSSR count). The molecule has 12 heteroatoms. The number of hydrogen-bond acceptors (Lipinski definition) is 8. The fourth-order valence-electron chi connectivity index (χ4n) is 9.07. The molecule has 0 aliphatic carbocycles. The van der Waals surface area contributed by atoms with Crippen LogP contribution in [0.2, 0.25) is 0 Å². The van der Waals surface area contributed by atoms with Crippen molar-refractivity contribution in [3.63, 3.8) is 0 Å².